The van der Waals surface area contributed by atoms with Crippen LogP contribution >= 0.6 is 11.8 Å². The molecule has 0 aromatic rings. The second-order valence-corrected chi connectivity index (χ2v) is 5.71. The summed E-state index contributed by atoms with van der Waals surface area (Å²) in [5.41, 5.74) is -0.749. The van der Waals surface area contributed by atoms with Crippen molar-refractivity contribution in [3.8, 4) is 0 Å². The van der Waals surface area contributed by atoms with Gasteiger partial charge in [-0.1, -0.05) is 6.42 Å². The van der Waals surface area contributed by atoms with Crippen LogP contribution in [0.5, 0.6) is 0 Å². The van der Waals surface area contributed by atoms with Gasteiger partial charge in [-0.05, 0) is 25.7 Å². The first-order valence-electron chi connectivity index (χ1n) is 4.70. The molecule has 70 valence electrons. The van der Waals surface area contributed by atoms with Gasteiger partial charge < -0.3 is 10.2 Å². The third kappa shape index (κ3) is 1.63. The Hall–Kier alpha value is 0.270. The SMILES string of the molecule is OCC1(O)CC2CCCC(C1)S2. The number of rotatable bonds is 1. The minimum Gasteiger partial charge on any atom is -0.393 e. The minimum absolute atomic E-state index is 0.0550. The highest BCUT2D eigenvalue weighted by Gasteiger charge is 2.40. The van der Waals surface area contributed by atoms with Crippen molar-refractivity contribution in [1.29, 1.82) is 0 Å². The number of hydrogen-bond acceptors (Lipinski definition) is 3. The molecule has 2 aliphatic heterocycles. The maximum absolute atomic E-state index is 9.92. The molecule has 2 atom stereocenters. The number of fused-ring (bicyclic) bond motifs is 2. The Balaban J connectivity index is 2.05. The van der Waals surface area contributed by atoms with Gasteiger partial charge in [-0.2, -0.15) is 11.8 Å². The fourth-order valence-corrected chi connectivity index (χ4v) is 4.30. The third-order valence-electron chi connectivity index (χ3n) is 2.95. The molecule has 2 unspecified atom stereocenters. The van der Waals surface area contributed by atoms with E-state index in [9.17, 15) is 5.11 Å². The molecule has 0 saturated carbocycles. The predicted octanol–water partition coefficient (Wildman–Crippen LogP) is 1.16. The van der Waals surface area contributed by atoms with Crippen molar-refractivity contribution in [3.05, 3.63) is 0 Å². The van der Waals surface area contributed by atoms with Crippen LogP contribution in [0.3, 0.4) is 0 Å². The summed E-state index contributed by atoms with van der Waals surface area (Å²) in [6.45, 7) is -0.0550. The Bertz CT molecular complexity index is 160. The lowest BCUT2D eigenvalue weighted by molar-refractivity contribution is -0.0351. The molecule has 2 fully saturated rings. The zero-order valence-corrected chi connectivity index (χ0v) is 8.02. The lowest BCUT2D eigenvalue weighted by Gasteiger charge is -2.42. The monoisotopic (exact) mass is 188 g/mol. The highest BCUT2D eigenvalue weighted by molar-refractivity contribution is 8.00. The Morgan fingerprint density at radius 3 is 2.33 bits per heavy atom. The van der Waals surface area contributed by atoms with E-state index in [2.05, 4.69) is 0 Å². The number of hydrogen-bond donors (Lipinski definition) is 2. The predicted molar refractivity (Wildman–Crippen MR) is 50.3 cm³/mol. The molecule has 2 saturated heterocycles. The first-order chi connectivity index (χ1) is 5.72. The number of aliphatic hydroxyl groups is 2. The van der Waals surface area contributed by atoms with Crippen LogP contribution < -0.4 is 0 Å². The molecule has 0 amide bonds. The van der Waals surface area contributed by atoms with Gasteiger partial charge >= 0.3 is 0 Å². The maximum Gasteiger partial charge on any atom is 0.0898 e. The van der Waals surface area contributed by atoms with Gasteiger partial charge in [0.05, 0.1) is 12.2 Å². The van der Waals surface area contributed by atoms with Crippen molar-refractivity contribution >= 4 is 11.8 Å². The normalized spacial score (nSPS) is 47.5. The zero-order chi connectivity index (χ0) is 8.60. The van der Waals surface area contributed by atoms with E-state index in [1.54, 1.807) is 0 Å². The summed E-state index contributed by atoms with van der Waals surface area (Å²) in [5, 5.41) is 20.2. The smallest absolute Gasteiger partial charge is 0.0898 e. The highest BCUT2D eigenvalue weighted by Crippen LogP contribution is 2.45. The fourth-order valence-electron chi connectivity index (χ4n) is 2.34. The molecule has 0 spiro atoms. The van der Waals surface area contributed by atoms with Gasteiger partial charge in [-0.25, -0.2) is 0 Å². The van der Waals surface area contributed by atoms with Crippen molar-refractivity contribution in [1.82, 2.24) is 0 Å². The molecule has 2 heterocycles. The molecule has 2 nitrogen and oxygen atoms in total. The van der Waals surface area contributed by atoms with Crippen molar-refractivity contribution in [2.24, 2.45) is 0 Å². The first kappa shape index (κ1) is 8.85. The summed E-state index contributed by atoms with van der Waals surface area (Å²) < 4.78 is 0. The standard InChI is InChI=1S/C9H16O2S/c10-6-9(11)4-7-2-1-3-8(5-9)12-7/h7-8,10-11H,1-6H2. The van der Waals surface area contributed by atoms with Crippen LogP contribution in [-0.4, -0.2) is 32.9 Å². The molecule has 2 rings (SSSR count). The van der Waals surface area contributed by atoms with Crippen LogP contribution in [0.4, 0.5) is 0 Å². The molecule has 2 bridgehead atoms. The molecule has 2 N–H and O–H groups in total. The molecule has 2 aliphatic rings. The Labute approximate surface area is 77.4 Å². The van der Waals surface area contributed by atoms with E-state index in [-0.39, 0.29) is 6.61 Å². The van der Waals surface area contributed by atoms with Gasteiger partial charge in [-0.15, -0.1) is 0 Å². The minimum atomic E-state index is -0.749. The van der Waals surface area contributed by atoms with Gasteiger partial charge in [0, 0.05) is 10.5 Å². The molecule has 0 aliphatic carbocycles. The lowest BCUT2D eigenvalue weighted by atomic mass is 9.86. The second-order valence-electron chi connectivity index (χ2n) is 4.10. The van der Waals surface area contributed by atoms with Crippen LogP contribution in [-0.2, 0) is 0 Å². The van der Waals surface area contributed by atoms with Crippen LogP contribution in [0.1, 0.15) is 32.1 Å². The Kier molecular flexibility index (Phi) is 2.36. The Morgan fingerprint density at radius 1 is 1.25 bits per heavy atom. The summed E-state index contributed by atoms with van der Waals surface area (Å²) in [6, 6.07) is 0. The second kappa shape index (κ2) is 3.20. The van der Waals surface area contributed by atoms with E-state index in [1.165, 1.54) is 19.3 Å². The van der Waals surface area contributed by atoms with Crippen LogP contribution in [0, 0.1) is 0 Å². The fraction of sp³-hybridized carbons (Fsp3) is 1.00. The molecule has 0 aromatic heterocycles. The molecule has 0 radical (unpaired) electrons. The van der Waals surface area contributed by atoms with Gasteiger partial charge in [0.2, 0.25) is 0 Å². The number of thioether (sulfide) groups is 1. The number of aliphatic hydroxyl groups excluding tert-OH is 1. The van der Waals surface area contributed by atoms with Crippen LogP contribution in [0.2, 0.25) is 0 Å². The summed E-state index contributed by atoms with van der Waals surface area (Å²) in [5.74, 6) is 0. The zero-order valence-electron chi connectivity index (χ0n) is 7.20. The van der Waals surface area contributed by atoms with Crippen LogP contribution in [0.25, 0.3) is 0 Å². The van der Waals surface area contributed by atoms with Crippen molar-refractivity contribution in [2.45, 2.75) is 48.2 Å². The van der Waals surface area contributed by atoms with Gasteiger partial charge in [0.1, 0.15) is 0 Å². The lowest BCUT2D eigenvalue weighted by Crippen LogP contribution is -2.45. The summed E-state index contributed by atoms with van der Waals surface area (Å²) in [7, 11) is 0. The van der Waals surface area contributed by atoms with Gasteiger partial charge in [-0.3, -0.25) is 0 Å². The van der Waals surface area contributed by atoms with Crippen molar-refractivity contribution in [3.63, 3.8) is 0 Å². The summed E-state index contributed by atoms with van der Waals surface area (Å²) in [6.07, 6.45) is 5.35. The summed E-state index contributed by atoms with van der Waals surface area (Å²) >= 11 is 2.02. The van der Waals surface area contributed by atoms with E-state index in [1.807, 2.05) is 11.8 Å². The van der Waals surface area contributed by atoms with Gasteiger partial charge in [0.25, 0.3) is 0 Å². The van der Waals surface area contributed by atoms with E-state index >= 15 is 0 Å². The highest BCUT2D eigenvalue weighted by atomic mass is 32.2. The van der Waals surface area contributed by atoms with Crippen molar-refractivity contribution < 1.29 is 10.2 Å². The first-order valence-corrected chi connectivity index (χ1v) is 5.65. The average molecular weight is 188 g/mol. The third-order valence-corrected chi connectivity index (χ3v) is 4.52. The van der Waals surface area contributed by atoms with E-state index in [0.29, 0.717) is 10.5 Å². The quantitative estimate of drug-likeness (QED) is 0.648. The maximum atomic E-state index is 9.92. The van der Waals surface area contributed by atoms with E-state index in [4.69, 9.17) is 5.11 Å². The van der Waals surface area contributed by atoms with Crippen molar-refractivity contribution in [2.75, 3.05) is 6.61 Å². The molecule has 3 heteroatoms. The molecule has 12 heavy (non-hydrogen) atoms. The molecule has 0 aromatic carbocycles. The molecular weight excluding hydrogens is 172 g/mol. The van der Waals surface area contributed by atoms with Crippen LogP contribution in [0.15, 0.2) is 0 Å². The topological polar surface area (TPSA) is 40.5 Å². The Morgan fingerprint density at radius 2 is 1.83 bits per heavy atom. The summed E-state index contributed by atoms with van der Waals surface area (Å²) in [4.78, 5) is 0. The molecular formula is C9H16O2S. The average Bonchev–Trinajstić information content (AvgIpc) is 2.03. The van der Waals surface area contributed by atoms with E-state index < -0.39 is 5.60 Å². The van der Waals surface area contributed by atoms with Gasteiger partial charge in [0.15, 0.2) is 0 Å². The largest absolute Gasteiger partial charge is 0.393 e. The van der Waals surface area contributed by atoms with E-state index in [0.717, 1.165) is 12.8 Å².